The number of rotatable bonds is 3. The van der Waals surface area contributed by atoms with Gasteiger partial charge >= 0.3 is 0 Å². The molecule has 1 aromatic heterocycles. The van der Waals surface area contributed by atoms with E-state index in [1.54, 1.807) is 0 Å². The van der Waals surface area contributed by atoms with Crippen LogP contribution in [-0.4, -0.2) is 19.2 Å². The molecule has 0 amide bonds. The smallest absolute Gasteiger partial charge is 0.195 e. The van der Waals surface area contributed by atoms with Crippen LogP contribution >= 0.6 is 0 Å². The highest BCUT2D eigenvalue weighted by Gasteiger charge is 2.13. The van der Waals surface area contributed by atoms with Crippen LogP contribution < -0.4 is 5.73 Å². The third kappa shape index (κ3) is 2.42. The van der Waals surface area contributed by atoms with Crippen molar-refractivity contribution in [3.05, 3.63) is 18.3 Å². The van der Waals surface area contributed by atoms with Gasteiger partial charge in [0.05, 0.1) is 17.6 Å². The van der Waals surface area contributed by atoms with Gasteiger partial charge in [-0.1, -0.05) is 6.92 Å². The van der Waals surface area contributed by atoms with Gasteiger partial charge in [0.15, 0.2) is 14.9 Å². The second-order valence-electron chi connectivity index (χ2n) is 2.75. The summed E-state index contributed by atoms with van der Waals surface area (Å²) in [5.74, 6) is 0.129. The molecule has 0 saturated carbocycles. The van der Waals surface area contributed by atoms with Crippen LogP contribution in [0.3, 0.4) is 0 Å². The topological polar surface area (TPSA) is 73.0 Å². The van der Waals surface area contributed by atoms with Gasteiger partial charge in [0.1, 0.15) is 0 Å². The Labute approximate surface area is 77.7 Å². The zero-order valence-corrected chi connectivity index (χ0v) is 8.21. The standard InChI is InChI=1S/C8H12N2O2S/c1-2-5-13(11,12)8-4-3-7(9)6-10-8/h3-4,6H,2,5,9H2,1H3. The highest BCUT2D eigenvalue weighted by atomic mass is 32.2. The van der Waals surface area contributed by atoms with Gasteiger partial charge in [-0.2, -0.15) is 0 Å². The average Bonchev–Trinajstić information content (AvgIpc) is 2.05. The third-order valence-electron chi connectivity index (χ3n) is 1.55. The number of nitrogen functional groups attached to an aromatic ring is 1. The molecule has 0 saturated heterocycles. The van der Waals surface area contributed by atoms with E-state index in [9.17, 15) is 8.42 Å². The van der Waals surface area contributed by atoms with E-state index in [0.29, 0.717) is 12.1 Å². The molecule has 0 bridgehead atoms. The largest absolute Gasteiger partial charge is 0.397 e. The number of nitrogens with two attached hydrogens (primary N) is 1. The number of sulfone groups is 1. The van der Waals surface area contributed by atoms with E-state index < -0.39 is 9.84 Å². The monoisotopic (exact) mass is 200 g/mol. The number of hydrogen-bond acceptors (Lipinski definition) is 4. The predicted molar refractivity (Wildman–Crippen MR) is 51.0 cm³/mol. The summed E-state index contributed by atoms with van der Waals surface area (Å²) in [4.78, 5) is 3.76. The molecular formula is C8H12N2O2S. The molecular weight excluding hydrogens is 188 g/mol. The molecule has 2 N–H and O–H groups in total. The summed E-state index contributed by atoms with van der Waals surface area (Å²) < 4.78 is 22.9. The number of nitrogens with zero attached hydrogens (tertiary/aromatic N) is 1. The summed E-state index contributed by atoms with van der Waals surface area (Å²) in [6.45, 7) is 1.81. The maximum Gasteiger partial charge on any atom is 0.195 e. The first-order valence-electron chi connectivity index (χ1n) is 4.00. The summed E-state index contributed by atoms with van der Waals surface area (Å²) in [5, 5.41) is 0.101. The number of anilines is 1. The van der Waals surface area contributed by atoms with Crippen LogP contribution in [0, 0.1) is 0 Å². The summed E-state index contributed by atoms with van der Waals surface area (Å²) >= 11 is 0. The molecule has 72 valence electrons. The van der Waals surface area contributed by atoms with Gasteiger partial charge < -0.3 is 5.73 Å². The third-order valence-corrected chi connectivity index (χ3v) is 3.38. The van der Waals surface area contributed by atoms with E-state index in [0.717, 1.165) is 0 Å². The minimum absolute atomic E-state index is 0.101. The Morgan fingerprint density at radius 2 is 2.15 bits per heavy atom. The fraction of sp³-hybridized carbons (Fsp3) is 0.375. The molecule has 0 aromatic carbocycles. The lowest BCUT2D eigenvalue weighted by Crippen LogP contribution is -2.07. The Kier molecular flexibility index (Phi) is 2.87. The second kappa shape index (κ2) is 3.74. The molecule has 0 aliphatic carbocycles. The second-order valence-corrected chi connectivity index (χ2v) is 4.80. The van der Waals surface area contributed by atoms with Crippen molar-refractivity contribution in [3.8, 4) is 0 Å². The fourth-order valence-corrected chi connectivity index (χ4v) is 2.18. The minimum Gasteiger partial charge on any atom is -0.397 e. The fourth-order valence-electron chi connectivity index (χ4n) is 0.949. The van der Waals surface area contributed by atoms with Crippen LogP contribution in [0.1, 0.15) is 13.3 Å². The maximum absolute atomic E-state index is 11.4. The van der Waals surface area contributed by atoms with E-state index in [2.05, 4.69) is 4.98 Å². The Bertz CT molecular complexity index is 370. The molecule has 13 heavy (non-hydrogen) atoms. The van der Waals surface area contributed by atoms with Gasteiger partial charge in [-0.25, -0.2) is 13.4 Å². The summed E-state index contributed by atoms with van der Waals surface area (Å²) in [7, 11) is -3.19. The molecule has 0 aliphatic rings. The zero-order chi connectivity index (χ0) is 9.90. The van der Waals surface area contributed by atoms with Gasteiger partial charge in [-0.15, -0.1) is 0 Å². The highest BCUT2D eigenvalue weighted by molar-refractivity contribution is 7.91. The summed E-state index contributed by atoms with van der Waals surface area (Å²) in [6, 6.07) is 2.97. The van der Waals surface area contributed by atoms with Crippen LogP contribution in [0.5, 0.6) is 0 Å². The first-order chi connectivity index (χ1) is 6.06. The van der Waals surface area contributed by atoms with Crippen molar-refractivity contribution in [1.82, 2.24) is 4.98 Å². The van der Waals surface area contributed by atoms with Crippen molar-refractivity contribution in [3.63, 3.8) is 0 Å². The number of pyridine rings is 1. The Morgan fingerprint density at radius 1 is 1.46 bits per heavy atom. The van der Waals surface area contributed by atoms with Crippen LogP contribution in [0.4, 0.5) is 5.69 Å². The van der Waals surface area contributed by atoms with Crippen molar-refractivity contribution in [2.24, 2.45) is 0 Å². The van der Waals surface area contributed by atoms with Crippen molar-refractivity contribution < 1.29 is 8.42 Å². The van der Waals surface area contributed by atoms with E-state index in [1.807, 2.05) is 6.92 Å². The van der Waals surface area contributed by atoms with Crippen LogP contribution in [0.15, 0.2) is 23.4 Å². The van der Waals surface area contributed by atoms with Crippen LogP contribution in [0.2, 0.25) is 0 Å². The van der Waals surface area contributed by atoms with Gasteiger partial charge in [0.2, 0.25) is 0 Å². The van der Waals surface area contributed by atoms with Gasteiger partial charge in [-0.05, 0) is 18.6 Å². The molecule has 0 aliphatic heterocycles. The first kappa shape index (κ1) is 9.98. The van der Waals surface area contributed by atoms with Gasteiger partial charge in [-0.3, -0.25) is 0 Å². The van der Waals surface area contributed by atoms with Gasteiger partial charge in [0, 0.05) is 0 Å². The Morgan fingerprint density at radius 3 is 2.62 bits per heavy atom. The molecule has 4 nitrogen and oxygen atoms in total. The molecule has 5 heteroatoms. The quantitative estimate of drug-likeness (QED) is 0.785. The SMILES string of the molecule is CCCS(=O)(=O)c1ccc(N)cn1. The maximum atomic E-state index is 11.4. The molecule has 0 fully saturated rings. The average molecular weight is 200 g/mol. The lowest BCUT2D eigenvalue weighted by Gasteiger charge is -2.00. The van der Waals surface area contributed by atoms with E-state index in [1.165, 1.54) is 18.3 Å². The van der Waals surface area contributed by atoms with Gasteiger partial charge in [0.25, 0.3) is 0 Å². The van der Waals surface area contributed by atoms with Crippen LogP contribution in [0.25, 0.3) is 0 Å². The predicted octanol–water partition coefficient (Wildman–Crippen LogP) is 0.848. The molecule has 0 atom stereocenters. The molecule has 0 spiro atoms. The zero-order valence-electron chi connectivity index (χ0n) is 7.40. The number of aromatic nitrogens is 1. The summed E-state index contributed by atoms with van der Waals surface area (Å²) in [6.07, 6.45) is 1.94. The van der Waals surface area contributed by atoms with E-state index >= 15 is 0 Å². The lowest BCUT2D eigenvalue weighted by molar-refractivity contribution is 0.591. The van der Waals surface area contributed by atoms with Crippen molar-refractivity contribution >= 4 is 15.5 Å². The highest BCUT2D eigenvalue weighted by Crippen LogP contribution is 2.10. The van der Waals surface area contributed by atoms with Crippen molar-refractivity contribution in [2.45, 2.75) is 18.4 Å². The molecule has 1 aromatic rings. The number of hydrogen-bond donors (Lipinski definition) is 1. The van der Waals surface area contributed by atoms with Crippen LogP contribution in [-0.2, 0) is 9.84 Å². The minimum atomic E-state index is -3.19. The Balaban J connectivity index is 3.02. The normalized spacial score (nSPS) is 11.5. The van der Waals surface area contributed by atoms with E-state index in [4.69, 9.17) is 5.73 Å². The Hall–Kier alpha value is -1.10. The molecule has 1 rings (SSSR count). The van der Waals surface area contributed by atoms with Crippen molar-refractivity contribution in [2.75, 3.05) is 11.5 Å². The summed E-state index contributed by atoms with van der Waals surface area (Å²) in [5.41, 5.74) is 5.85. The lowest BCUT2D eigenvalue weighted by atomic mass is 10.4. The first-order valence-corrected chi connectivity index (χ1v) is 5.66. The molecule has 0 radical (unpaired) electrons. The molecule has 0 unspecified atom stereocenters. The van der Waals surface area contributed by atoms with E-state index in [-0.39, 0.29) is 10.8 Å². The van der Waals surface area contributed by atoms with Crippen molar-refractivity contribution in [1.29, 1.82) is 0 Å². The molecule has 1 heterocycles.